The van der Waals surface area contributed by atoms with E-state index in [1.807, 2.05) is 14.1 Å². The quantitative estimate of drug-likeness (QED) is 0.618. The number of benzene rings is 1. The molecule has 2 amide bonds. The second-order valence-corrected chi connectivity index (χ2v) is 8.84. The van der Waals surface area contributed by atoms with Crippen molar-refractivity contribution < 1.29 is 22.7 Å². The van der Waals surface area contributed by atoms with Crippen LogP contribution in [0.25, 0.3) is 0 Å². The number of hydrogen-bond acceptors (Lipinski definition) is 6. The third kappa shape index (κ3) is 4.96. The first kappa shape index (κ1) is 19.6. The lowest BCUT2D eigenvalue weighted by Crippen LogP contribution is -2.40. The molecule has 0 saturated heterocycles. The minimum absolute atomic E-state index is 0.0404. The number of fused-ring (bicyclic) bond motifs is 1. The second kappa shape index (κ2) is 7.83. The Bertz CT molecular complexity index is 840. The molecule has 9 nitrogen and oxygen atoms in total. The third-order valence-electron chi connectivity index (χ3n) is 4.47. The van der Waals surface area contributed by atoms with Crippen molar-refractivity contribution in [2.75, 3.05) is 32.6 Å². The van der Waals surface area contributed by atoms with Gasteiger partial charge in [-0.3, -0.25) is 9.59 Å². The van der Waals surface area contributed by atoms with Crippen molar-refractivity contribution in [3.05, 3.63) is 18.2 Å². The molecule has 0 radical (unpaired) electrons. The fraction of sp³-hybridized carbons (Fsp3) is 0.529. The molecular formula is C17H24N4O5S. The van der Waals surface area contributed by atoms with Crippen LogP contribution in [0.15, 0.2) is 23.1 Å². The van der Waals surface area contributed by atoms with Crippen molar-refractivity contribution >= 4 is 27.5 Å². The zero-order valence-corrected chi connectivity index (χ0v) is 16.1. The van der Waals surface area contributed by atoms with Gasteiger partial charge in [-0.25, -0.2) is 13.1 Å². The molecule has 27 heavy (non-hydrogen) atoms. The van der Waals surface area contributed by atoms with Gasteiger partial charge in [0, 0.05) is 12.1 Å². The fourth-order valence-corrected chi connectivity index (χ4v) is 4.61. The number of rotatable bonds is 6. The highest BCUT2D eigenvalue weighted by atomic mass is 32.2. The first-order chi connectivity index (χ1) is 12.7. The fourth-order valence-electron chi connectivity index (χ4n) is 3.30. The Kier molecular flexibility index (Phi) is 5.68. The molecule has 0 bridgehead atoms. The number of ether oxygens (including phenoxy) is 1. The highest BCUT2D eigenvalue weighted by Gasteiger charge is 2.30. The topological polar surface area (TPSA) is 117 Å². The number of amides is 2. The second-order valence-electron chi connectivity index (χ2n) is 7.13. The average Bonchev–Trinajstić information content (AvgIpc) is 2.99. The monoisotopic (exact) mass is 396 g/mol. The van der Waals surface area contributed by atoms with Gasteiger partial charge in [-0.1, -0.05) is 0 Å². The largest absolute Gasteiger partial charge is 0.482 e. The van der Waals surface area contributed by atoms with Gasteiger partial charge in [0.2, 0.25) is 15.9 Å². The number of carbonyl (C=O) groups excluding carboxylic acids is 2. The Morgan fingerprint density at radius 3 is 2.78 bits per heavy atom. The standard InChI is InChI=1S/C17H24N4O5S/c1-21(2)9-16(22)18-11-3-4-12(7-11)20-27(24,25)13-5-6-15-14(8-13)19-17(23)10-26-15/h5-6,8,11-12,20H,3-4,7,9-10H2,1-2H3,(H,18,22)(H,19,23)/t11-,12+/m1/s1. The third-order valence-corrected chi connectivity index (χ3v) is 5.99. The van der Waals surface area contributed by atoms with E-state index >= 15 is 0 Å². The Balaban J connectivity index is 1.61. The van der Waals surface area contributed by atoms with Crippen molar-refractivity contribution in [2.24, 2.45) is 0 Å². The van der Waals surface area contributed by atoms with E-state index in [0.717, 1.165) is 6.42 Å². The molecule has 0 unspecified atom stereocenters. The van der Waals surface area contributed by atoms with Crippen LogP contribution in [0.4, 0.5) is 5.69 Å². The van der Waals surface area contributed by atoms with Gasteiger partial charge in [0.15, 0.2) is 6.61 Å². The lowest BCUT2D eigenvalue weighted by molar-refractivity contribution is -0.122. The summed E-state index contributed by atoms with van der Waals surface area (Å²) < 4.78 is 33.3. The van der Waals surface area contributed by atoms with Gasteiger partial charge in [0.25, 0.3) is 5.91 Å². The van der Waals surface area contributed by atoms with Gasteiger partial charge in [-0.05, 0) is 51.6 Å². The molecule has 1 heterocycles. The molecule has 1 aliphatic carbocycles. The number of anilines is 1. The molecule has 1 aliphatic heterocycles. The summed E-state index contributed by atoms with van der Waals surface area (Å²) in [5, 5.41) is 5.53. The molecule has 3 rings (SSSR count). The predicted octanol–water partition coefficient (Wildman–Crippen LogP) is -0.105. The first-order valence-corrected chi connectivity index (χ1v) is 10.2. The molecule has 2 atom stereocenters. The Morgan fingerprint density at radius 1 is 1.30 bits per heavy atom. The summed E-state index contributed by atoms with van der Waals surface area (Å²) in [6.45, 7) is 0.218. The molecular weight excluding hydrogens is 372 g/mol. The van der Waals surface area contributed by atoms with E-state index in [0.29, 0.717) is 30.8 Å². The number of likely N-dealkylation sites (N-methyl/N-ethyl adjacent to an activating group) is 1. The molecule has 148 valence electrons. The van der Waals surface area contributed by atoms with Crippen LogP contribution < -0.4 is 20.1 Å². The van der Waals surface area contributed by atoms with Crippen LogP contribution in [-0.2, 0) is 19.6 Å². The summed E-state index contributed by atoms with van der Waals surface area (Å²) in [5.74, 6) is 0.0501. The molecule has 1 aromatic rings. The van der Waals surface area contributed by atoms with Crippen molar-refractivity contribution in [2.45, 2.75) is 36.2 Å². The van der Waals surface area contributed by atoms with E-state index in [-0.39, 0.29) is 35.4 Å². The first-order valence-electron chi connectivity index (χ1n) is 8.76. The Labute approximate surface area is 158 Å². The normalized spacial score (nSPS) is 22.1. The number of carbonyl (C=O) groups is 2. The highest BCUT2D eigenvalue weighted by molar-refractivity contribution is 7.89. The van der Waals surface area contributed by atoms with Crippen LogP contribution >= 0.6 is 0 Å². The maximum Gasteiger partial charge on any atom is 0.262 e. The summed E-state index contributed by atoms with van der Waals surface area (Å²) in [7, 11) is -0.110. The van der Waals surface area contributed by atoms with Crippen LogP contribution in [0, 0.1) is 0 Å². The molecule has 1 aromatic carbocycles. The van der Waals surface area contributed by atoms with Crippen molar-refractivity contribution in [3.63, 3.8) is 0 Å². The molecule has 2 aliphatic rings. The van der Waals surface area contributed by atoms with Gasteiger partial charge >= 0.3 is 0 Å². The molecule has 1 fully saturated rings. The van der Waals surface area contributed by atoms with Crippen molar-refractivity contribution in [3.8, 4) is 5.75 Å². The minimum Gasteiger partial charge on any atom is -0.482 e. The predicted molar refractivity (Wildman–Crippen MR) is 99.0 cm³/mol. The maximum atomic E-state index is 12.7. The van der Waals surface area contributed by atoms with Gasteiger partial charge in [0.1, 0.15) is 5.75 Å². The van der Waals surface area contributed by atoms with E-state index in [4.69, 9.17) is 4.74 Å². The van der Waals surface area contributed by atoms with Crippen molar-refractivity contribution in [1.29, 1.82) is 0 Å². The highest BCUT2D eigenvalue weighted by Crippen LogP contribution is 2.30. The molecule has 0 aromatic heterocycles. The Hall–Kier alpha value is -2.17. The number of hydrogen-bond donors (Lipinski definition) is 3. The SMILES string of the molecule is CN(C)CC(=O)N[C@@H]1CC[C@H](NS(=O)(=O)c2ccc3c(c2)NC(=O)CO3)C1. The zero-order valence-electron chi connectivity index (χ0n) is 15.3. The van der Waals surface area contributed by atoms with Crippen molar-refractivity contribution in [1.82, 2.24) is 14.9 Å². The molecule has 1 saturated carbocycles. The van der Waals surface area contributed by atoms with Crippen LogP contribution in [0.1, 0.15) is 19.3 Å². The minimum atomic E-state index is -3.74. The van der Waals surface area contributed by atoms with E-state index < -0.39 is 10.0 Å². The van der Waals surface area contributed by atoms with Gasteiger partial charge in [-0.15, -0.1) is 0 Å². The summed E-state index contributed by atoms with van der Waals surface area (Å²) in [6, 6.07) is 4.08. The molecule has 3 N–H and O–H groups in total. The van der Waals surface area contributed by atoms with Crippen LogP contribution in [-0.4, -0.2) is 64.5 Å². The summed E-state index contributed by atoms with van der Waals surface area (Å²) in [4.78, 5) is 25.1. The van der Waals surface area contributed by atoms with E-state index in [2.05, 4.69) is 15.4 Å². The summed E-state index contributed by atoms with van der Waals surface area (Å²) >= 11 is 0. The number of sulfonamides is 1. The molecule has 10 heteroatoms. The van der Waals surface area contributed by atoms with Crippen LogP contribution in [0.5, 0.6) is 5.75 Å². The lowest BCUT2D eigenvalue weighted by Gasteiger charge is -2.19. The number of nitrogens with one attached hydrogen (secondary N) is 3. The van der Waals surface area contributed by atoms with E-state index in [9.17, 15) is 18.0 Å². The summed E-state index contributed by atoms with van der Waals surface area (Å²) in [6.07, 6.45) is 1.92. The Morgan fingerprint density at radius 2 is 2.04 bits per heavy atom. The average molecular weight is 396 g/mol. The van der Waals surface area contributed by atoms with E-state index in [1.54, 1.807) is 4.90 Å². The van der Waals surface area contributed by atoms with Crippen LogP contribution in [0.2, 0.25) is 0 Å². The van der Waals surface area contributed by atoms with E-state index in [1.165, 1.54) is 18.2 Å². The smallest absolute Gasteiger partial charge is 0.262 e. The number of nitrogens with zero attached hydrogens (tertiary/aromatic N) is 1. The zero-order chi connectivity index (χ0) is 19.6. The van der Waals surface area contributed by atoms with Crippen LogP contribution in [0.3, 0.4) is 0 Å². The van der Waals surface area contributed by atoms with Gasteiger partial charge in [-0.2, -0.15) is 0 Å². The van der Waals surface area contributed by atoms with Gasteiger partial charge < -0.3 is 20.3 Å². The lowest BCUT2D eigenvalue weighted by atomic mass is 10.2. The molecule has 0 spiro atoms. The summed E-state index contributed by atoms with van der Waals surface area (Å²) in [5.41, 5.74) is 0.342. The maximum absolute atomic E-state index is 12.7. The van der Waals surface area contributed by atoms with Gasteiger partial charge in [0.05, 0.1) is 17.1 Å².